The molecule has 2 aromatic carbocycles. The van der Waals surface area contributed by atoms with Crippen molar-refractivity contribution in [1.29, 1.82) is 0 Å². The Bertz CT molecular complexity index is 832. The summed E-state index contributed by atoms with van der Waals surface area (Å²) in [5.41, 5.74) is 2.22. The van der Waals surface area contributed by atoms with Crippen LogP contribution in [0.1, 0.15) is 36.3 Å². The Morgan fingerprint density at radius 1 is 1.18 bits per heavy atom. The van der Waals surface area contributed by atoms with Gasteiger partial charge in [0.1, 0.15) is 11.6 Å². The number of amides is 1. The quantitative estimate of drug-likeness (QED) is 0.876. The fourth-order valence-corrected chi connectivity index (χ4v) is 4.87. The highest BCUT2D eigenvalue weighted by Crippen LogP contribution is 2.50. The first-order valence-electron chi connectivity index (χ1n) is 9.96. The van der Waals surface area contributed by atoms with E-state index in [2.05, 4.69) is 34.5 Å². The normalized spacial score (nSPS) is 22.1. The average Bonchev–Trinajstić information content (AvgIpc) is 2.71. The van der Waals surface area contributed by atoms with E-state index < -0.39 is 0 Å². The van der Waals surface area contributed by atoms with Crippen LogP contribution in [0.2, 0.25) is 0 Å². The molecule has 2 aliphatic rings. The van der Waals surface area contributed by atoms with Crippen LogP contribution in [0.5, 0.6) is 5.75 Å². The monoisotopic (exact) mass is 382 g/mol. The maximum absolute atomic E-state index is 13.7. The number of hydrogen-bond acceptors (Lipinski definition) is 3. The summed E-state index contributed by atoms with van der Waals surface area (Å²) in [6, 6.07) is 15.3. The zero-order valence-corrected chi connectivity index (χ0v) is 16.3. The van der Waals surface area contributed by atoms with E-state index in [1.807, 2.05) is 12.1 Å². The summed E-state index contributed by atoms with van der Waals surface area (Å²) in [7, 11) is 1.58. The Morgan fingerprint density at radius 3 is 2.64 bits per heavy atom. The molecule has 0 bridgehead atoms. The largest absolute Gasteiger partial charge is 0.496 e. The van der Waals surface area contributed by atoms with E-state index in [0.717, 1.165) is 38.0 Å². The van der Waals surface area contributed by atoms with Crippen molar-refractivity contribution in [1.82, 2.24) is 10.2 Å². The standard InChI is InChI=1S/C23H27FN2O2/c1-28-21-13-18(24)7-8-19(21)20-15-25-22(27)14-23(20)9-11-26(12-10-23)16-17-5-3-2-4-6-17/h2-8,13,20H,9-12,14-16H2,1H3,(H,25,27)/t20-/m0/s1. The number of hydrogen-bond donors (Lipinski definition) is 1. The highest BCUT2D eigenvalue weighted by molar-refractivity contribution is 5.78. The highest BCUT2D eigenvalue weighted by atomic mass is 19.1. The van der Waals surface area contributed by atoms with E-state index >= 15 is 0 Å². The van der Waals surface area contributed by atoms with Crippen LogP contribution >= 0.6 is 0 Å². The molecule has 148 valence electrons. The summed E-state index contributed by atoms with van der Waals surface area (Å²) in [6.45, 7) is 3.44. The molecule has 1 N–H and O–H groups in total. The minimum atomic E-state index is -0.299. The molecule has 2 saturated heterocycles. The summed E-state index contributed by atoms with van der Waals surface area (Å²) < 4.78 is 19.2. The van der Waals surface area contributed by atoms with Gasteiger partial charge in [-0.2, -0.15) is 0 Å². The Hall–Kier alpha value is -2.40. The molecule has 0 radical (unpaired) electrons. The number of carbonyl (C=O) groups is 1. The van der Waals surface area contributed by atoms with E-state index in [9.17, 15) is 9.18 Å². The Kier molecular flexibility index (Phi) is 5.36. The molecule has 4 nitrogen and oxygen atoms in total. The molecule has 0 unspecified atom stereocenters. The van der Waals surface area contributed by atoms with Gasteiger partial charge in [-0.05, 0) is 48.5 Å². The second kappa shape index (κ2) is 7.92. The van der Waals surface area contributed by atoms with Crippen LogP contribution in [0.3, 0.4) is 0 Å². The molecule has 2 aromatic rings. The summed E-state index contributed by atoms with van der Waals surface area (Å²) in [6.07, 6.45) is 2.44. The van der Waals surface area contributed by atoms with Crippen molar-refractivity contribution in [2.24, 2.45) is 5.41 Å². The number of methoxy groups -OCH3 is 1. The SMILES string of the molecule is COc1cc(F)ccc1[C@@H]1CNC(=O)CC12CCN(Cc1ccccc1)CC2. The van der Waals surface area contributed by atoms with Crippen molar-refractivity contribution in [2.45, 2.75) is 31.7 Å². The maximum atomic E-state index is 13.7. The summed E-state index contributed by atoms with van der Waals surface area (Å²) >= 11 is 0. The first-order valence-corrected chi connectivity index (χ1v) is 9.96. The van der Waals surface area contributed by atoms with Crippen LogP contribution in [-0.4, -0.2) is 37.6 Å². The second-order valence-electron chi connectivity index (χ2n) is 8.04. The minimum Gasteiger partial charge on any atom is -0.496 e. The van der Waals surface area contributed by atoms with Gasteiger partial charge >= 0.3 is 0 Å². The third-order valence-corrected chi connectivity index (χ3v) is 6.43. The average molecular weight is 382 g/mol. The van der Waals surface area contributed by atoms with Gasteiger partial charge in [0.05, 0.1) is 7.11 Å². The van der Waals surface area contributed by atoms with Gasteiger partial charge in [-0.3, -0.25) is 9.69 Å². The van der Waals surface area contributed by atoms with E-state index in [0.29, 0.717) is 18.7 Å². The Morgan fingerprint density at radius 2 is 1.93 bits per heavy atom. The first kappa shape index (κ1) is 18.9. The predicted octanol–water partition coefficient (Wildman–Crippen LogP) is 3.72. The number of nitrogens with zero attached hydrogens (tertiary/aromatic N) is 1. The summed E-state index contributed by atoms with van der Waals surface area (Å²) in [4.78, 5) is 14.7. The van der Waals surface area contributed by atoms with Crippen LogP contribution in [0.15, 0.2) is 48.5 Å². The Labute approximate surface area is 165 Å². The molecule has 2 fully saturated rings. The van der Waals surface area contributed by atoms with Crippen molar-refractivity contribution < 1.29 is 13.9 Å². The van der Waals surface area contributed by atoms with Crippen molar-refractivity contribution in [3.8, 4) is 5.75 Å². The lowest BCUT2D eigenvalue weighted by molar-refractivity contribution is -0.128. The molecule has 1 spiro atoms. The topological polar surface area (TPSA) is 41.6 Å². The molecule has 1 atom stereocenters. The summed E-state index contributed by atoms with van der Waals surface area (Å²) in [5, 5.41) is 3.02. The smallest absolute Gasteiger partial charge is 0.220 e. The maximum Gasteiger partial charge on any atom is 0.220 e. The van der Waals surface area contributed by atoms with Gasteiger partial charge in [0.2, 0.25) is 5.91 Å². The zero-order chi connectivity index (χ0) is 19.6. The van der Waals surface area contributed by atoms with E-state index in [4.69, 9.17) is 4.74 Å². The lowest BCUT2D eigenvalue weighted by Crippen LogP contribution is -2.52. The number of nitrogens with one attached hydrogen (secondary N) is 1. The predicted molar refractivity (Wildman–Crippen MR) is 107 cm³/mol. The number of halogens is 1. The van der Waals surface area contributed by atoms with Gasteiger partial charge < -0.3 is 10.1 Å². The fraction of sp³-hybridized carbons (Fsp3) is 0.435. The van der Waals surface area contributed by atoms with Gasteiger partial charge in [-0.1, -0.05) is 36.4 Å². The molecule has 1 amide bonds. The van der Waals surface area contributed by atoms with Gasteiger partial charge in [0.15, 0.2) is 0 Å². The molecule has 0 saturated carbocycles. The van der Waals surface area contributed by atoms with Crippen molar-refractivity contribution in [3.05, 3.63) is 65.5 Å². The minimum absolute atomic E-state index is 0.0966. The number of rotatable bonds is 4. The summed E-state index contributed by atoms with van der Waals surface area (Å²) in [5.74, 6) is 0.535. The third-order valence-electron chi connectivity index (χ3n) is 6.43. The number of carbonyl (C=O) groups excluding carboxylic acids is 1. The molecule has 0 aliphatic carbocycles. The second-order valence-corrected chi connectivity index (χ2v) is 8.04. The van der Waals surface area contributed by atoms with Crippen LogP contribution < -0.4 is 10.1 Å². The van der Waals surface area contributed by atoms with Crippen LogP contribution in [0.25, 0.3) is 0 Å². The molecular weight excluding hydrogens is 355 g/mol. The van der Waals surface area contributed by atoms with E-state index in [1.165, 1.54) is 17.7 Å². The van der Waals surface area contributed by atoms with Crippen LogP contribution in [0.4, 0.5) is 4.39 Å². The fourth-order valence-electron chi connectivity index (χ4n) is 4.87. The molecule has 4 rings (SSSR count). The lowest BCUT2D eigenvalue weighted by atomic mass is 9.62. The number of likely N-dealkylation sites (tertiary alicyclic amines) is 1. The van der Waals surface area contributed by atoms with Gasteiger partial charge in [-0.25, -0.2) is 4.39 Å². The molecular formula is C23H27FN2O2. The Balaban J connectivity index is 1.55. The number of piperidine rings is 2. The van der Waals surface area contributed by atoms with Gasteiger partial charge in [-0.15, -0.1) is 0 Å². The lowest BCUT2D eigenvalue weighted by Gasteiger charge is -2.49. The molecule has 28 heavy (non-hydrogen) atoms. The zero-order valence-electron chi connectivity index (χ0n) is 16.3. The molecule has 0 aromatic heterocycles. The van der Waals surface area contributed by atoms with Crippen molar-refractivity contribution in [2.75, 3.05) is 26.7 Å². The number of benzene rings is 2. The van der Waals surface area contributed by atoms with Gasteiger partial charge in [0.25, 0.3) is 0 Å². The molecule has 2 aliphatic heterocycles. The van der Waals surface area contributed by atoms with E-state index in [1.54, 1.807) is 7.11 Å². The van der Waals surface area contributed by atoms with Crippen molar-refractivity contribution in [3.63, 3.8) is 0 Å². The molecule has 2 heterocycles. The van der Waals surface area contributed by atoms with Crippen molar-refractivity contribution >= 4 is 5.91 Å². The van der Waals surface area contributed by atoms with E-state index in [-0.39, 0.29) is 23.1 Å². The highest BCUT2D eigenvalue weighted by Gasteiger charge is 2.47. The van der Waals surface area contributed by atoms with Crippen LogP contribution in [0, 0.1) is 11.2 Å². The molecule has 5 heteroatoms. The number of ether oxygens (including phenoxy) is 1. The van der Waals surface area contributed by atoms with Gasteiger partial charge in [0, 0.05) is 31.5 Å². The first-order chi connectivity index (χ1) is 13.6. The third kappa shape index (κ3) is 3.76. The van der Waals surface area contributed by atoms with Crippen LogP contribution in [-0.2, 0) is 11.3 Å².